The van der Waals surface area contributed by atoms with Crippen molar-refractivity contribution in [2.24, 2.45) is 0 Å². The van der Waals surface area contributed by atoms with Gasteiger partial charge in [-0.25, -0.2) is 9.07 Å². The largest absolute Gasteiger partial charge is 0.330 e. The fraction of sp³-hybridized carbons (Fsp3) is 0.167. The number of hydrogen-bond acceptors (Lipinski definition) is 3. The molecule has 0 fully saturated rings. The van der Waals surface area contributed by atoms with E-state index in [2.05, 4.69) is 18.3 Å². The Hall–Kier alpha value is -3.02. The van der Waals surface area contributed by atoms with Crippen molar-refractivity contribution >= 4 is 5.91 Å². The standard InChI is InChI=1S/C18H18FN3O2/c1-4-10-21(11-5-2)18(24)17-16(23)12-13(3)22(20-17)15-9-7-6-8-14(15)19/h4-9,12H,1-2,10-11H2,3H3. The molecule has 0 spiro atoms. The third kappa shape index (κ3) is 3.48. The third-order valence-corrected chi connectivity index (χ3v) is 3.38. The van der Waals surface area contributed by atoms with Crippen LogP contribution in [-0.4, -0.2) is 33.7 Å². The van der Waals surface area contributed by atoms with Gasteiger partial charge in [-0.05, 0) is 19.1 Å². The first-order valence-corrected chi connectivity index (χ1v) is 7.36. The first-order valence-electron chi connectivity index (χ1n) is 7.36. The summed E-state index contributed by atoms with van der Waals surface area (Å²) >= 11 is 0. The number of carbonyl (C=O) groups is 1. The Bertz CT molecular complexity index is 832. The molecule has 24 heavy (non-hydrogen) atoms. The quantitative estimate of drug-likeness (QED) is 0.766. The van der Waals surface area contributed by atoms with Gasteiger partial charge in [-0.2, -0.15) is 5.10 Å². The van der Waals surface area contributed by atoms with Crippen LogP contribution in [0.4, 0.5) is 4.39 Å². The summed E-state index contributed by atoms with van der Waals surface area (Å²) in [5, 5.41) is 4.09. The van der Waals surface area contributed by atoms with E-state index in [0.29, 0.717) is 5.69 Å². The van der Waals surface area contributed by atoms with Crippen molar-refractivity contribution < 1.29 is 9.18 Å². The number of aryl methyl sites for hydroxylation is 1. The Balaban J connectivity index is 2.56. The first kappa shape index (κ1) is 17.3. The van der Waals surface area contributed by atoms with Crippen LogP contribution < -0.4 is 5.43 Å². The zero-order valence-electron chi connectivity index (χ0n) is 13.4. The Morgan fingerprint density at radius 3 is 2.50 bits per heavy atom. The van der Waals surface area contributed by atoms with Gasteiger partial charge in [0.15, 0.2) is 5.69 Å². The SMILES string of the molecule is C=CCN(CC=C)C(=O)c1nn(-c2ccccc2F)c(C)cc1=O. The Morgan fingerprint density at radius 2 is 1.92 bits per heavy atom. The van der Waals surface area contributed by atoms with Gasteiger partial charge < -0.3 is 4.90 Å². The minimum Gasteiger partial charge on any atom is -0.330 e. The van der Waals surface area contributed by atoms with Gasteiger partial charge in [-0.15, -0.1) is 13.2 Å². The second kappa shape index (κ2) is 7.50. The van der Waals surface area contributed by atoms with E-state index in [4.69, 9.17) is 0 Å². The second-order valence-electron chi connectivity index (χ2n) is 5.15. The van der Waals surface area contributed by atoms with Gasteiger partial charge in [-0.1, -0.05) is 24.3 Å². The summed E-state index contributed by atoms with van der Waals surface area (Å²) in [6.07, 6.45) is 3.09. The van der Waals surface area contributed by atoms with Crippen molar-refractivity contribution in [3.8, 4) is 5.69 Å². The number of benzene rings is 1. The second-order valence-corrected chi connectivity index (χ2v) is 5.15. The van der Waals surface area contributed by atoms with Crippen LogP contribution in [0.5, 0.6) is 0 Å². The molecule has 1 amide bonds. The van der Waals surface area contributed by atoms with Gasteiger partial charge in [0.25, 0.3) is 5.91 Å². The lowest BCUT2D eigenvalue weighted by molar-refractivity contribution is 0.0781. The molecule has 124 valence electrons. The normalized spacial score (nSPS) is 10.2. The first-order chi connectivity index (χ1) is 11.5. The lowest BCUT2D eigenvalue weighted by atomic mass is 10.2. The molecule has 0 aliphatic heterocycles. The van der Waals surface area contributed by atoms with Gasteiger partial charge in [0.1, 0.15) is 11.5 Å². The molecule has 1 heterocycles. The minimum absolute atomic E-state index is 0.169. The predicted molar refractivity (Wildman–Crippen MR) is 90.8 cm³/mol. The molecule has 1 aromatic heterocycles. The number of nitrogens with zero attached hydrogens (tertiary/aromatic N) is 3. The number of aromatic nitrogens is 2. The molecule has 0 N–H and O–H groups in total. The summed E-state index contributed by atoms with van der Waals surface area (Å²) in [6, 6.07) is 7.29. The Labute approximate surface area is 139 Å². The molecular formula is C18H18FN3O2. The average molecular weight is 327 g/mol. The molecule has 2 rings (SSSR count). The van der Waals surface area contributed by atoms with Crippen LogP contribution in [0.15, 0.2) is 60.4 Å². The molecule has 6 heteroatoms. The van der Waals surface area contributed by atoms with Gasteiger partial charge in [0.2, 0.25) is 5.43 Å². The topological polar surface area (TPSA) is 55.2 Å². The summed E-state index contributed by atoms with van der Waals surface area (Å²) < 4.78 is 15.3. The van der Waals surface area contributed by atoms with Gasteiger partial charge >= 0.3 is 0 Å². The maximum absolute atomic E-state index is 14.0. The molecule has 0 unspecified atom stereocenters. The molecular weight excluding hydrogens is 309 g/mol. The molecule has 5 nitrogen and oxygen atoms in total. The molecule has 0 atom stereocenters. The number of carbonyl (C=O) groups excluding carboxylic acids is 1. The van der Waals surface area contributed by atoms with Crippen molar-refractivity contribution in [3.63, 3.8) is 0 Å². The molecule has 2 aromatic rings. The zero-order chi connectivity index (χ0) is 17.7. The highest BCUT2D eigenvalue weighted by molar-refractivity contribution is 5.92. The summed E-state index contributed by atoms with van der Waals surface area (Å²) in [7, 11) is 0. The third-order valence-electron chi connectivity index (χ3n) is 3.38. The number of halogens is 1. The van der Waals surface area contributed by atoms with Crippen molar-refractivity contribution in [2.45, 2.75) is 6.92 Å². The van der Waals surface area contributed by atoms with E-state index in [-0.39, 0.29) is 24.5 Å². The summed E-state index contributed by atoms with van der Waals surface area (Å²) in [6.45, 7) is 9.31. The van der Waals surface area contributed by atoms with Crippen LogP contribution in [0.2, 0.25) is 0 Å². The summed E-state index contributed by atoms with van der Waals surface area (Å²) in [5.41, 5.74) is -0.181. The van der Waals surface area contributed by atoms with E-state index < -0.39 is 17.2 Å². The van der Waals surface area contributed by atoms with Gasteiger partial charge in [0.05, 0.1) is 0 Å². The monoisotopic (exact) mass is 327 g/mol. The van der Waals surface area contributed by atoms with Gasteiger partial charge in [0, 0.05) is 24.8 Å². The molecule has 0 radical (unpaired) electrons. The van der Waals surface area contributed by atoms with E-state index in [9.17, 15) is 14.0 Å². The highest BCUT2D eigenvalue weighted by Gasteiger charge is 2.20. The predicted octanol–water partition coefficient (Wildman–Crippen LogP) is 2.49. The summed E-state index contributed by atoms with van der Waals surface area (Å²) in [5.74, 6) is -1.05. The smallest absolute Gasteiger partial charge is 0.278 e. The van der Waals surface area contributed by atoms with Crippen LogP contribution in [0.3, 0.4) is 0 Å². The molecule has 0 saturated carbocycles. The van der Waals surface area contributed by atoms with Crippen LogP contribution in [0.1, 0.15) is 16.2 Å². The lowest BCUT2D eigenvalue weighted by Crippen LogP contribution is -2.36. The molecule has 0 saturated heterocycles. The van der Waals surface area contributed by atoms with Crippen molar-refractivity contribution in [1.82, 2.24) is 14.7 Å². The van der Waals surface area contributed by atoms with Crippen molar-refractivity contribution in [2.75, 3.05) is 13.1 Å². The molecule has 1 aromatic carbocycles. The van der Waals surface area contributed by atoms with Crippen molar-refractivity contribution in [1.29, 1.82) is 0 Å². The zero-order valence-corrected chi connectivity index (χ0v) is 13.4. The van der Waals surface area contributed by atoms with Crippen LogP contribution in [0.25, 0.3) is 5.69 Å². The molecule has 0 bridgehead atoms. The van der Waals surface area contributed by atoms with Crippen LogP contribution >= 0.6 is 0 Å². The number of rotatable bonds is 6. The van der Waals surface area contributed by atoms with Crippen LogP contribution in [-0.2, 0) is 0 Å². The number of para-hydroxylation sites is 1. The molecule has 0 aliphatic rings. The van der Waals surface area contributed by atoms with E-state index >= 15 is 0 Å². The maximum Gasteiger partial charge on any atom is 0.278 e. The summed E-state index contributed by atoms with van der Waals surface area (Å²) in [4.78, 5) is 26.2. The lowest BCUT2D eigenvalue weighted by Gasteiger charge is -2.19. The van der Waals surface area contributed by atoms with E-state index in [0.717, 1.165) is 0 Å². The van der Waals surface area contributed by atoms with E-state index in [1.54, 1.807) is 31.2 Å². The minimum atomic E-state index is -0.551. The molecule has 0 aliphatic carbocycles. The van der Waals surface area contributed by atoms with Crippen LogP contribution in [0, 0.1) is 12.7 Å². The fourth-order valence-electron chi connectivity index (χ4n) is 2.26. The number of hydrogen-bond donors (Lipinski definition) is 0. The Kier molecular flexibility index (Phi) is 5.42. The van der Waals surface area contributed by atoms with E-state index in [1.807, 2.05) is 0 Å². The Morgan fingerprint density at radius 1 is 1.29 bits per heavy atom. The maximum atomic E-state index is 14.0. The average Bonchev–Trinajstić information content (AvgIpc) is 2.55. The van der Waals surface area contributed by atoms with E-state index in [1.165, 1.54) is 27.8 Å². The highest BCUT2D eigenvalue weighted by atomic mass is 19.1. The fourth-order valence-corrected chi connectivity index (χ4v) is 2.26. The van der Waals surface area contributed by atoms with Crippen molar-refractivity contribution in [3.05, 3.63) is 83.1 Å². The highest BCUT2D eigenvalue weighted by Crippen LogP contribution is 2.13. The number of amides is 1. The van der Waals surface area contributed by atoms with Gasteiger partial charge in [-0.3, -0.25) is 9.59 Å².